The Morgan fingerprint density at radius 1 is 1.25 bits per heavy atom. The van der Waals surface area contributed by atoms with Crippen LogP contribution in [-0.4, -0.2) is 80.6 Å². The Kier molecular flexibility index (Phi) is 8.71. The van der Waals surface area contributed by atoms with Gasteiger partial charge in [-0.15, -0.1) is 24.9 Å². The van der Waals surface area contributed by atoms with Crippen molar-refractivity contribution in [1.82, 2.24) is 9.80 Å². The third-order valence-electron chi connectivity index (χ3n) is 7.70. The molecule has 0 aliphatic carbocycles. The number of thioether (sulfide) groups is 1. The van der Waals surface area contributed by atoms with E-state index in [1.54, 1.807) is 28.8 Å². The van der Waals surface area contributed by atoms with Crippen molar-refractivity contribution in [3.63, 3.8) is 0 Å². The van der Waals surface area contributed by atoms with Gasteiger partial charge in [0.2, 0.25) is 11.8 Å². The van der Waals surface area contributed by atoms with Crippen LogP contribution in [0.2, 0.25) is 0 Å². The van der Waals surface area contributed by atoms with Gasteiger partial charge in [0.1, 0.15) is 6.04 Å². The maximum absolute atomic E-state index is 14.5. The van der Waals surface area contributed by atoms with Crippen LogP contribution >= 0.6 is 11.8 Å². The lowest BCUT2D eigenvalue weighted by molar-refractivity contribution is -0.154. The van der Waals surface area contributed by atoms with E-state index >= 15 is 0 Å². The smallest absolute Gasteiger partial charge is 0.310 e. The van der Waals surface area contributed by atoms with Gasteiger partial charge in [-0.1, -0.05) is 32.9 Å². The Hall–Kier alpha value is -1.80. The second-order valence-electron chi connectivity index (χ2n) is 12.2. The summed E-state index contributed by atoms with van der Waals surface area (Å²) >= 11 is 1.64. The largest absolute Gasteiger partial charge is 0.465 e. The minimum Gasteiger partial charge on any atom is -0.465 e. The summed E-state index contributed by atoms with van der Waals surface area (Å²) in [6, 6.07) is -0.679. The van der Waals surface area contributed by atoms with Crippen LogP contribution < -0.4 is 0 Å². The molecule has 0 aromatic heterocycles. The molecule has 3 rings (SSSR count). The highest BCUT2D eigenvalue weighted by Gasteiger charge is 2.74. The van der Waals surface area contributed by atoms with Crippen LogP contribution in [0.1, 0.15) is 66.7 Å². The molecule has 0 radical (unpaired) electrons. The van der Waals surface area contributed by atoms with E-state index in [4.69, 9.17) is 4.74 Å². The molecule has 3 saturated heterocycles. The van der Waals surface area contributed by atoms with Crippen LogP contribution in [0.4, 0.5) is 0 Å². The number of esters is 1. The number of carbonyl (C=O) groups is 3. The van der Waals surface area contributed by atoms with Gasteiger partial charge >= 0.3 is 5.97 Å². The number of ether oxygens (including phenoxy) is 1. The molecule has 5 atom stereocenters. The molecule has 1 spiro atoms. The van der Waals surface area contributed by atoms with Crippen molar-refractivity contribution in [2.75, 3.05) is 26.3 Å². The van der Waals surface area contributed by atoms with Crippen molar-refractivity contribution in [3.05, 3.63) is 25.3 Å². The number of fused-ring (bicyclic) bond motifs is 1. The Morgan fingerprint density at radius 3 is 2.53 bits per heavy atom. The number of likely N-dealkylation sites (tertiary alicyclic amines) is 1. The van der Waals surface area contributed by atoms with E-state index < -0.39 is 28.2 Å². The van der Waals surface area contributed by atoms with Gasteiger partial charge in [-0.05, 0) is 51.4 Å². The summed E-state index contributed by atoms with van der Waals surface area (Å²) in [5.41, 5.74) is -0.471. The fourth-order valence-corrected chi connectivity index (χ4v) is 9.03. The number of rotatable bonds is 12. The molecule has 3 aliphatic rings. The standard InChI is InChI=1S/C28H44N2O5S/c1-8-10-17-35-25(34)20-19-12-13-28(36-19)21(20)23(32)29(15-11-16-31)22(28)24(33)30(14-9-2)27(6,7)18-26(3,4)5/h8-9,19-22,31H,1-2,10-18H2,3-7H3/t19-,20+,21-,22?,28?/m0/s1. The molecule has 2 bridgehead atoms. The van der Waals surface area contributed by atoms with Crippen molar-refractivity contribution >= 4 is 29.5 Å². The van der Waals surface area contributed by atoms with Gasteiger partial charge < -0.3 is 19.6 Å². The lowest BCUT2D eigenvalue weighted by Gasteiger charge is -2.46. The number of carbonyl (C=O) groups excluding carboxylic acids is 3. The zero-order chi connectivity index (χ0) is 26.9. The van der Waals surface area contributed by atoms with Gasteiger partial charge in [0, 0.05) is 30.5 Å². The molecule has 3 aliphatic heterocycles. The maximum atomic E-state index is 14.5. The quantitative estimate of drug-likeness (QED) is 0.239. The third kappa shape index (κ3) is 5.26. The topological polar surface area (TPSA) is 87.2 Å². The average Bonchev–Trinajstić information content (AvgIpc) is 3.41. The summed E-state index contributed by atoms with van der Waals surface area (Å²) in [5, 5.41) is 9.52. The SMILES string of the molecule is C=CCCOC(=O)[C@@H]1[C@@H]2CCC3(S2)C(C(=O)N(CC=C)C(C)(C)CC(C)(C)C)N(CCCO)C(=O)[C@H]13. The van der Waals surface area contributed by atoms with E-state index in [9.17, 15) is 19.5 Å². The number of aliphatic hydroxyl groups excluding tert-OH is 1. The van der Waals surface area contributed by atoms with Crippen molar-refractivity contribution in [2.45, 2.75) is 88.3 Å². The first-order chi connectivity index (χ1) is 16.8. The first kappa shape index (κ1) is 28.8. The van der Waals surface area contributed by atoms with E-state index in [0.29, 0.717) is 25.8 Å². The van der Waals surface area contributed by atoms with E-state index in [1.165, 1.54) is 0 Å². The lowest BCUT2D eigenvalue weighted by Crippen LogP contribution is -2.60. The Balaban J connectivity index is 2.01. The van der Waals surface area contributed by atoms with Crippen molar-refractivity contribution in [1.29, 1.82) is 0 Å². The van der Waals surface area contributed by atoms with Crippen LogP contribution in [0.25, 0.3) is 0 Å². The fraction of sp³-hybridized carbons (Fsp3) is 0.750. The summed E-state index contributed by atoms with van der Waals surface area (Å²) in [7, 11) is 0. The second kappa shape index (κ2) is 10.9. The van der Waals surface area contributed by atoms with Gasteiger partial charge in [-0.3, -0.25) is 14.4 Å². The molecule has 0 aromatic carbocycles. The predicted molar refractivity (Wildman–Crippen MR) is 143 cm³/mol. The maximum Gasteiger partial charge on any atom is 0.310 e. The first-order valence-electron chi connectivity index (χ1n) is 13.1. The van der Waals surface area contributed by atoms with E-state index in [0.717, 1.165) is 12.8 Å². The number of hydrogen-bond donors (Lipinski definition) is 1. The van der Waals surface area contributed by atoms with E-state index in [-0.39, 0.29) is 48.2 Å². The molecule has 1 N–H and O–H groups in total. The predicted octanol–water partition coefficient (Wildman–Crippen LogP) is 3.81. The van der Waals surface area contributed by atoms with Gasteiger partial charge in [0.25, 0.3) is 0 Å². The highest BCUT2D eigenvalue weighted by atomic mass is 32.2. The van der Waals surface area contributed by atoms with Crippen LogP contribution in [0.3, 0.4) is 0 Å². The molecule has 0 saturated carbocycles. The van der Waals surface area contributed by atoms with Crippen LogP contribution in [0.5, 0.6) is 0 Å². The lowest BCUT2D eigenvalue weighted by atomic mass is 9.71. The Morgan fingerprint density at radius 2 is 1.94 bits per heavy atom. The molecule has 36 heavy (non-hydrogen) atoms. The second-order valence-corrected chi connectivity index (χ2v) is 13.8. The van der Waals surface area contributed by atoms with Crippen LogP contribution in [0, 0.1) is 17.3 Å². The van der Waals surface area contributed by atoms with Gasteiger partial charge in [-0.2, -0.15) is 0 Å². The molecule has 0 aromatic rings. The number of hydrogen-bond acceptors (Lipinski definition) is 6. The summed E-state index contributed by atoms with van der Waals surface area (Å²) < 4.78 is 4.88. The van der Waals surface area contributed by atoms with Crippen LogP contribution in [0.15, 0.2) is 25.3 Å². The molecule has 8 heteroatoms. The van der Waals surface area contributed by atoms with Crippen LogP contribution in [-0.2, 0) is 19.1 Å². The molecule has 2 unspecified atom stereocenters. The monoisotopic (exact) mass is 520 g/mol. The van der Waals surface area contributed by atoms with Crippen molar-refractivity contribution < 1.29 is 24.2 Å². The normalized spacial score (nSPS) is 29.3. The molecule has 3 heterocycles. The molecule has 202 valence electrons. The molecule has 2 amide bonds. The Labute approximate surface area is 220 Å². The Bertz CT molecular complexity index is 882. The third-order valence-corrected chi connectivity index (χ3v) is 9.65. The minimum atomic E-state index is -0.679. The first-order valence-corrected chi connectivity index (χ1v) is 14.0. The van der Waals surface area contributed by atoms with Gasteiger partial charge in [-0.25, -0.2) is 0 Å². The van der Waals surface area contributed by atoms with Gasteiger partial charge in [0.15, 0.2) is 0 Å². The fourth-order valence-electron chi connectivity index (χ4n) is 6.83. The van der Waals surface area contributed by atoms with Crippen molar-refractivity contribution in [2.24, 2.45) is 17.3 Å². The molecule has 7 nitrogen and oxygen atoms in total. The minimum absolute atomic E-state index is 0.00700. The average molecular weight is 521 g/mol. The summed E-state index contributed by atoms with van der Waals surface area (Å²) in [6.07, 6.45) is 6.65. The molecular weight excluding hydrogens is 476 g/mol. The highest BCUT2D eigenvalue weighted by molar-refractivity contribution is 8.02. The molecule has 3 fully saturated rings. The van der Waals surface area contributed by atoms with E-state index in [2.05, 4.69) is 47.8 Å². The number of aliphatic hydroxyl groups is 1. The zero-order valence-electron chi connectivity index (χ0n) is 22.6. The summed E-state index contributed by atoms with van der Waals surface area (Å²) in [5.74, 6) is -1.73. The summed E-state index contributed by atoms with van der Waals surface area (Å²) in [6.45, 7) is 19.0. The van der Waals surface area contributed by atoms with Gasteiger partial charge in [0.05, 0.1) is 23.2 Å². The van der Waals surface area contributed by atoms with Crippen molar-refractivity contribution in [3.8, 4) is 0 Å². The zero-order valence-corrected chi connectivity index (χ0v) is 23.4. The summed E-state index contributed by atoms with van der Waals surface area (Å²) in [4.78, 5) is 45.1. The number of nitrogens with zero attached hydrogens (tertiary/aromatic N) is 2. The highest BCUT2D eigenvalue weighted by Crippen LogP contribution is 2.66. The molecular formula is C28H44N2O5S. The number of amides is 2. The van der Waals surface area contributed by atoms with E-state index in [1.807, 2.05) is 4.90 Å².